The van der Waals surface area contributed by atoms with Gasteiger partial charge < -0.3 is 20.9 Å². The average molecular weight is 564 g/mol. The Labute approximate surface area is 238 Å². The van der Waals surface area contributed by atoms with Gasteiger partial charge in [0.2, 0.25) is 5.82 Å². The normalized spacial score (nSPS) is 12.8. The fourth-order valence-corrected chi connectivity index (χ4v) is 6.09. The van der Waals surface area contributed by atoms with Gasteiger partial charge in [0.05, 0.1) is 5.39 Å². The SMILES string of the molecule is C=CC(=C)c1ccc(-c2csc3nc(C(=O)NCc4ccc5c(c4)CN(c4c(N)c(=O)c4=O)CC5)[nH]c(=O)c23)cc1. The maximum absolute atomic E-state index is 13.0. The number of rotatable bonds is 7. The van der Waals surface area contributed by atoms with Gasteiger partial charge in [-0.2, -0.15) is 0 Å². The van der Waals surface area contributed by atoms with Crippen LogP contribution in [0.25, 0.3) is 26.9 Å². The van der Waals surface area contributed by atoms with Crippen LogP contribution in [0.5, 0.6) is 0 Å². The number of H-pyrrole nitrogens is 1. The van der Waals surface area contributed by atoms with Gasteiger partial charge in [-0.3, -0.25) is 19.2 Å². The van der Waals surface area contributed by atoms with Crippen LogP contribution in [0.4, 0.5) is 11.4 Å². The lowest BCUT2D eigenvalue weighted by molar-refractivity contribution is 0.0940. The Morgan fingerprint density at radius 2 is 1.90 bits per heavy atom. The summed E-state index contributed by atoms with van der Waals surface area (Å²) in [4.78, 5) is 58.9. The minimum absolute atomic E-state index is 0.0194. The number of allylic oxidation sites excluding steroid dienone is 2. The summed E-state index contributed by atoms with van der Waals surface area (Å²) < 4.78 is 0. The van der Waals surface area contributed by atoms with Crippen molar-refractivity contribution in [1.82, 2.24) is 15.3 Å². The van der Waals surface area contributed by atoms with Crippen LogP contribution in [-0.4, -0.2) is 22.4 Å². The Balaban J connectivity index is 1.17. The molecular weight excluding hydrogens is 538 g/mol. The predicted octanol–water partition coefficient (Wildman–Crippen LogP) is 3.52. The number of thiophene rings is 1. The van der Waals surface area contributed by atoms with Gasteiger partial charge in [-0.15, -0.1) is 11.3 Å². The molecule has 41 heavy (non-hydrogen) atoms. The van der Waals surface area contributed by atoms with Gasteiger partial charge in [0.25, 0.3) is 22.3 Å². The van der Waals surface area contributed by atoms with Crippen LogP contribution in [0.2, 0.25) is 0 Å². The summed E-state index contributed by atoms with van der Waals surface area (Å²) in [7, 11) is 0. The quantitative estimate of drug-likeness (QED) is 0.203. The van der Waals surface area contributed by atoms with E-state index in [2.05, 4.69) is 28.4 Å². The minimum atomic E-state index is -0.629. The van der Waals surface area contributed by atoms with E-state index in [1.807, 2.05) is 52.7 Å². The smallest absolute Gasteiger partial charge is 0.287 e. The number of nitrogens with two attached hydrogens (primary N) is 1. The van der Waals surface area contributed by atoms with Crippen LogP contribution in [0, 0.1) is 0 Å². The molecule has 4 N–H and O–H groups in total. The molecule has 3 heterocycles. The molecule has 9 nitrogen and oxygen atoms in total. The molecule has 1 amide bonds. The second-order valence-electron chi connectivity index (χ2n) is 9.93. The maximum atomic E-state index is 13.0. The number of hydrogen-bond acceptors (Lipinski definition) is 8. The van der Waals surface area contributed by atoms with Crippen molar-refractivity contribution >= 4 is 44.4 Å². The largest absolute Gasteiger partial charge is 0.394 e. The topological polar surface area (TPSA) is 138 Å². The number of benzene rings is 2. The summed E-state index contributed by atoms with van der Waals surface area (Å²) in [5, 5.41) is 5.12. The molecule has 2 aromatic heterocycles. The number of aromatic nitrogens is 2. The van der Waals surface area contributed by atoms with E-state index in [0.29, 0.717) is 29.7 Å². The molecule has 0 atom stereocenters. The zero-order valence-electron chi connectivity index (χ0n) is 22.0. The first-order chi connectivity index (χ1) is 19.7. The minimum Gasteiger partial charge on any atom is -0.394 e. The molecule has 10 heteroatoms. The second-order valence-corrected chi connectivity index (χ2v) is 10.8. The lowest BCUT2D eigenvalue weighted by Gasteiger charge is -2.32. The molecule has 6 rings (SSSR count). The summed E-state index contributed by atoms with van der Waals surface area (Å²) in [5.74, 6) is -0.560. The van der Waals surface area contributed by atoms with Gasteiger partial charge in [-0.05, 0) is 39.8 Å². The third-order valence-electron chi connectivity index (χ3n) is 7.45. The molecular formula is C31H25N5O4S. The first kappa shape index (κ1) is 26.1. The molecule has 0 fully saturated rings. The van der Waals surface area contributed by atoms with E-state index in [0.717, 1.165) is 39.0 Å². The molecule has 0 saturated heterocycles. The predicted molar refractivity (Wildman–Crippen MR) is 163 cm³/mol. The molecule has 1 aliphatic heterocycles. The first-order valence-corrected chi connectivity index (χ1v) is 13.8. The third-order valence-corrected chi connectivity index (χ3v) is 8.32. The fourth-order valence-electron chi connectivity index (χ4n) is 5.14. The number of hydrogen-bond donors (Lipinski definition) is 3. The van der Waals surface area contributed by atoms with Gasteiger partial charge in [-0.25, -0.2) is 4.98 Å². The van der Waals surface area contributed by atoms with E-state index < -0.39 is 16.8 Å². The van der Waals surface area contributed by atoms with Crippen molar-refractivity contribution < 1.29 is 4.79 Å². The van der Waals surface area contributed by atoms with E-state index >= 15 is 0 Å². The van der Waals surface area contributed by atoms with Crippen molar-refractivity contribution in [2.75, 3.05) is 17.2 Å². The Morgan fingerprint density at radius 3 is 2.63 bits per heavy atom. The van der Waals surface area contributed by atoms with Crippen molar-refractivity contribution in [3.63, 3.8) is 0 Å². The van der Waals surface area contributed by atoms with Gasteiger partial charge in [0.1, 0.15) is 16.2 Å². The fraction of sp³-hybridized carbons (Fsp3) is 0.129. The van der Waals surface area contributed by atoms with E-state index in [-0.39, 0.29) is 29.3 Å². The van der Waals surface area contributed by atoms with Crippen molar-refractivity contribution in [2.45, 2.75) is 19.5 Å². The summed E-state index contributed by atoms with van der Waals surface area (Å²) >= 11 is 1.30. The standard InChI is InChI=1S/C31H25N5O4S/c1-3-16(2)18-6-8-20(9-7-18)22-15-41-31-23(22)29(39)34-28(35-31)30(40)33-13-17-4-5-19-10-11-36(14-21(19)12-17)25-24(32)26(37)27(25)38/h3-9,12,15H,1-2,10-11,13-14,32H2,(H,33,40)(H,34,35,39). The van der Waals surface area contributed by atoms with Crippen LogP contribution < -0.4 is 32.4 Å². The van der Waals surface area contributed by atoms with E-state index in [4.69, 9.17) is 5.73 Å². The highest BCUT2D eigenvalue weighted by Crippen LogP contribution is 2.32. The van der Waals surface area contributed by atoms with Crippen LogP contribution in [0.1, 0.15) is 32.9 Å². The van der Waals surface area contributed by atoms with Gasteiger partial charge in [-0.1, -0.05) is 61.7 Å². The highest BCUT2D eigenvalue weighted by Gasteiger charge is 2.27. The zero-order valence-corrected chi connectivity index (χ0v) is 22.8. The number of fused-ring (bicyclic) bond motifs is 2. The molecule has 0 bridgehead atoms. The second kappa shape index (κ2) is 10.1. The van der Waals surface area contributed by atoms with Crippen molar-refractivity contribution in [1.29, 1.82) is 0 Å². The lowest BCUT2D eigenvalue weighted by Crippen LogP contribution is -2.44. The van der Waals surface area contributed by atoms with Crippen molar-refractivity contribution in [2.24, 2.45) is 0 Å². The molecule has 1 aliphatic rings. The van der Waals surface area contributed by atoms with Gasteiger partial charge >= 0.3 is 0 Å². The van der Waals surface area contributed by atoms with E-state index in [9.17, 15) is 19.2 Å². The summed E-state index contributed by atoms with van der Waals surface area (Å²) in [6.07, 6.45) is 2.40. The Hall–Kier alpha value is -5.09. The highest BCUT2D eigenvalue weighted by molar-refractivity contribution is 7.17. The van der Waals surface area contributed by atoms with Crippen LogP contribution >= 0.6 is 11.3 Å². The van der Waals surface area contributed by atoms with Crippen LogP contribution in [-0.2, 0) is 19.5 Å². The van der Waals surface area contributed by atoms with Crippen LogP contribution in [0.15, 0.2) is 81.5 Å². The molecule has 0 unspecified atom stereocenters. The number of nitrogens with zero attached hydrogens (tertiary/aromatic N) is 2. The van der Waals surface area contributed by atoms with Gasteiger partial charge in [0.15, 0.2) is 0 Å². The Morgan fingerprint density at radius 1 is 1.12 bits per heavy atom. The number of anilines is 2. The monoisotopic (exact) mass is 563 g/mol. The maximum Gasteiger partial charge on any atom is 0.287 e. The average Bonchev–Trinajstić information content (AvgIpc) is 3.44. The zero-order chi connectivity index (χ0) is 28.8. The summed E-state index contributed by atoms with van der Waals surface area (Å²) in [6.45, 7) is 8.96. The van der Waals surface area contributed by atoms with E-state index in [1.165, 1.54) is 11.3 Å². The molecule has 3 aromatic carbocycles. The molecule has 204 valence electrons. The van der Waals surface area contributed by atoms with E-state index in [1.54, 1.807) is 6.08 Å². The number of amides is 1. The molecule has 0 aliphatic carbocycles. The molecule has 0 radical (unpaired) electrons. The van der Waals surface area contributed by atoms with Crippen LogP contribution in [0.3, 0.4) is 0 Å². The molecule has 0 saturated carbocycles. The number of nitrogen functional groups attached to an aromatic ring is 1. The Bertz CT molecular complexity index is 2010. The van der Waals surface area contributed by atoms with Gasteiger partial charge in [0, 0.05) is 30.6 Å². The summed E-state index contributed by atoms with van der Waals surface area (Å²) in [5.41, 5.74) is 10.8. The number of aromatic amines is 1. The highest BCUT2D eigenvalue weighted by atomic mass is 32.1. The van der Waals surface area contributed by atoms with Crippen molar-refractivity contribution in [3.8, 4) is 11.1 Å². The van der Waals surface area contributed by atoms with Crippen molar-refractivity contribution in [3.05, 3.63) is 126 Å². The Kier molecular flexibility index (Phi) is 6.47. The number of nitrogens with one attached hydrogen (secondary N) is 2. The lowest BCUT2D eigenvalue weighted by atomic mass is 9.96. The molecule has 5 aromatic rings. The summed E-state index contributed by atoms with van der Waals surface area (Å²) in [6, 6.07) is 13.6. The number of carbonyl (C=O) groups excluding carboxylic acids is 1. The first-order valence-electron chi connectivity index (χ1n) is 12.9. The number of carbonyl (C=O) groups is 1. The third kappa shape index (κ3) is 4.57. The molecule has 0 spiro atoms.